The van der Waals surface area contributed by atoms with Gasteiger partial charge in [-0.25, -0.2) is 13.3 Å². The number of thiophene rings is 1. The van der Waals surface area contributed by atoms with Crippen molar-refractivity contribution in [3.63, 3.8) is 0 Å². The molecular weight excluding hydrogens is 434 g/mol. The Morgan fingerprint density at radius 1 is 1.03 bits per heavy atom. The summed E-state index contributed by atoms with van der Waals surface area (Å²) in [6.45, 7) is 3.62. The second-order valence-corrected chi connectivity index (χ2v) is 11.0. The van der Waals surface area contributed by atoms with E-state index in [9.17, 15) is 18.0 Å². The molecule has 2 aromatic rings. The Bertz CT molecular complexity index is 1030. The molecule has 2 aliphatic heterocycles. The van der Waals surface area contributed by atoms with E-state index in [4.69, 9.17) is 0 Å². The van der Waals surface area contributed by atoms with E-state index in [0.717, 1.165) is 19.3 Å². The minimum absolute atomic E-state index is 0.133. The summed E-state index contributed by atoms with van der Waals surface area (Å²) in [5.41, 5.74) is 1.81. The lowest BCUT2D eigenvalue weighted by molar-refractivity contribution is -0.123. The van der Waals surface area contributed by atoms with E-state index in [1.54, 1.807) is 17.5 Å². The Morgan fingerprint density at radius 2 is 1.74 bits per heavy atom. The fourth-order valence-corrected chi connectivity index (χ4v) is 6.72. The first kappa shape index (κ1) is 22.1. The number of anilines is 1. The number of carbonyl (C=O) groups is 2. The molecule has 0 aliphatic carbocycles. The molecule has 0 bridgehead atoms. The van der Waals surface area contributed by atoms with Crippen LogP contribution in [0.25, 0.3) is 0 Å². The molecule has 2 fully saturated rings. The molecule has 0 radical (unpaired) electrons. The van der Waals surface area contributed by atoms with Crippen molar-refractivity contribution in [2.75, 3.05) is 31.1 Å². The molecule has 166 valence electrons. The summed E-state index contributed by atoms with van der Waals surface area (Å²) in [6, 6.07) is 10.4. The smallest absolute Gasteiger partial charge is 0.252 e. The molecule has 3 heterocycles. The highest BCUT2D eigenvalue weighted by Crippen LogP contribution is 2.28. The summed E-state index contributed by atoms with van der Waals surface area (Å²) in [5.74, 6) is -0.425. The lowest BCUT2D eigenvalue weighted by Crippen LogP contribution is -2.53. The van der Waals surface area contributed by atoms with Gasteiger partial charge in [-0.2, -0.15) is 4.31 Å². The van der Waals surface area contributed by atoms with Gasteiger partial charge >= 0.3 is 0 Å². The van der Waals surface area contributed by atoms with Crippen molar-refractivity contribution < 1.29 is 18.0 Å². The number of piperazine rings is 1. The number of amides is 2. The van der Waals surface area contributed by atoms with Crippen LogP contribution in [-0.2, 0) is 26.0 Å². The number of imide groups is 1. The fourth-order valence-electron chi connectivity index (χ4n) is 4.16. The average molecular weight is 462 g/mol. The van der Waals surface area contributed by atoms with Gasteiger partial charge < -0.3 is 0 Å². The van der Waals surface area contributed by atoms with E-state index in [2.05, 4.69) is 6.92 Å². The normalized spacial score (nSPS) is 21.2. The molecule has 2 amide bonds. The molecule has 1 aromatic heterocycles. The minimum Gasteiger partial charge on any atom is -0.289 e. The number of carbonyl (C=O) groups excluding carboxylic acids is 2. The molecule has 0 N–H and O–H groups in total. The van der Waals surface area contributed by atoms with Gasteiger partial charge in [-0.05, 0) is 42.0 Å². The van der Waals surface area contributed by atoms with Crippen molar-refractivity contribution in [2.45, 2.75) is 42.9 Å². The molecule has 2 saturated heterocycles. The van der Waals surface area contributed by atoms with Gasteiger partial charge in [0.2, 0.25) is 5.91 Å². The van der Waals surface area contributed by atoms with Gasteiger partial charge in [0.25, 0.3) is 15.9 Å². The van der Waals surface area contributed by atoms with E-state index < -0.39 is 16.1 Å². The number of hydrogen-bond donors (Lipinski definition) is 0. The van der Waals surface area contributed by atoms with Crippen LogP contribution in [0.5, 0.6) is 0 Å². The Hall–Kier alpha value is -2.07. The zero-order valence-corrected chi connectivity index (χ0v) is 19.2. The zero-order valence-electron chi connectivity index (χ0n) is 17.6. The maximum Gasteiger partial charge on any atom is 0.252 e. The first-order chi connectivity index (χ1) is 14.9. The van der Waals surface area contributed by atoms with Crippen LogP contribution in [0.3, 0.4) is 0 Å². The van der Waals surface area contributed by atoms with Gasteiger partial charge in [0.15, 0.2) is 0 Å². The van der Waals surface area contributed by atoms with Gasteiger partial charge in [-0.3, -0.25) is 14.5 Å². The fraction of sp³-hybridized carbons (Fsp3) is 0.455. The van der Waals surface area contributed by atoms with Gasteiger partial charge in [-0.15, -0.1) is 11.3 Å². The number of hydrogen-bond acceptors (Lipinski definition) is 6. The second kappa shape index (κ2) is 9.20. The molecule has 9 heteroatoms. The Kier molecular flexibility index (Phi) is 6.57. The first-order valence-electron chi connectivity index (χ1n) is 10.6. The first-order valence-corrected chi connectivity index (χ1v) is 13.0. The molecule has 1 aromatic carbocycles. The van der Waals surface area contributed by atoms with Gasteiger partial charge in [0.05, 0.1) is 18.2 Å². The number of nitrogens with zero attached hydrogens (tertiary/aromatic N) is 3. The van der Waals surface area contributed by atoms with Crippen LogP contribution in [0, 0.1) is 0 Å². The highest BCUT2D eigenvalue weighted by molar-refractivity contribution is 7.91. The van der Waals surface area contributed by atoms with E-state index in [-0.39, 0.29) is 18.2 Å². The van der Waals surface area contributed by atoms with Crippen LogP contribution in [0.15, 0.2) is 46.0 Å². The highest BCUT2D eigenvalue weighted by Gasteiger charge is 2.44. The van der Waals surface area contributed by atoms with Gasteiger partial charge in [0.1, 0.15) is 4.21 Å². The molecule has 0 saturated carbocycles. The number of aryl methyl sites for hydroxylation is 1. The SMILES string of the molecule is CCCCc1ccc(N2C(=O)C[C@@H](N3CCN(S(=O)(=O)c4cccs4)CC3)C2=O)cc1. The summed E-state index contributed by atoms with van der Waals surface area (Å²) in [4.78, 5) is 28.9. The van der Waals surface area contributed by atoms with Crippen LogP contribution in [0.1, 0.15) is 31.7 Å². The molecule has 1 atom stereocenters. The van der Waals surface area contributed by atoms with Crippen molar-refractivity contribution >= 4 is 38.9 Å². The monoisotopic (exact) mass is 461 g/mol. The summed E-state index contributed by atoms with van der Waals surface area (Å²) < 4.78 is 27.2. The van der Waals surface area contributed by atoms with Crippen molar-refractivity contribution in [1.82, 2.24) is 9.21 Å². The lowest BCUT2D eigenvalue weighted by Gasteiger charge is -2.36. The molecular formula is C22H27N3O4S2. The van der Waals surface area contributed by atoms with Crippen LogP contribution < -0.4 is 4.90 Å². The third-order valence-corrected chi connectivity index (χ3v) is 9.21. The van der Waals surface area contributed by atoms with Crippen molar-refractivity contribution in [3.05, 3.63) is 47.3 Å². The highest BCUT2D eigenvalue weighted by atomic mass is 32.2. The Labute approximate surface area is 187 Å². The van der Waals surface area contributed by atoms with E-state index in [1.807, 2.05) is 29.2 Å². The van der Waals surface area contributed by atoms with Crippen LogP contribution >= 0.6 is 11.3 Å². The maximum absolute atomic E-state index is 13.1. The summed E-state index contributed by atoms with van der Waals surface area (Å²) in [6.07, 6.45) is 3.35. The third-order valence-electron chi connectivity index (χ3n) is 5.94. The van der Waals surface area contributed by atoms with Gasteiger partial charge in [-0.1, -0.05) is 31.5 Å². The summed E-state index contributed by atoms with van der Waals surface area (Å²) in [7, 11) is -3.49. The van der Waals surface area contributed by atoms with Crippen molar-refractivity contribution in [3.8, 4) is 0 Å². The van der Waals surface area contributed by atoms with E-state index in [0.29, 0.717) is 36.1 Å². The topological polar surface area (TPSA) is 78.0 Å². The Balaban J connectivity index is 1.40. The molecule has 0 unspecified atom stereocenters. The average Bonchev–Trinajstić information content (AvgIpc) is 3.42. The summed E-state index contributed by atoms with van der Waals surface area (Å²) in [5, 5.41) is 1.75. The molecule has 0 spiro atoms. The molecule has 31 heavy (non-hydrogen) atoms. The van der Waals surface area contributed by atoms with Crippen LogP contribution in [0.2, 0.25) is 0 Å². The predicted octanol–water partition coefficient (Wildman–Crippen LogP) is 2.73. The predicted molar refractivity (Wildman–Crippen MR) is 121 cm³/mol. The quantitative estimate of drug-likeness (QED) is 0.593. The second-order valence-electron chi connectivity index (χ2n) is 7.93. The Morgan fingerprint density at radius 3 is 2.35 bits per heavy atom. The molecule has 7 nitrogen and oxygen atoms in total. The maximum atomic E-state index is 13.1. The number of rotatable bonds is 7. The molecule has 2 aliphatic rings. The zero-order chi connectivity index (χ0) is 22.0. The van der Waals surface area contributed by atoms with Crippen molar-refractivity contribution in [1.29, 1.82) is 0 Å². The van der Waals surface area contributed by atoms with Crippen LogP contribution in [0.4, 0.5) is 5.69 Å². The van der Waals surface area contributed by atoms with Gasteiger partial charge in [0, 0.05) is 26.2 Å². The van der Waals surface area contributed by atoms with Crippen molar-refractivity contribution in [2.24, 2.45) is 0 Å². The van der Waals surface area contributed by atoms with E-state index in [1.165, 1.54) is 26.1 Å². The third kappa shape index (κ3) is 4.45. The summed E-state index contributed by atoms with van der Waals surface area (Å²) >= 11 is 1.20. The van der Waals surface area contributed by atoms with E-state index >= 15 is 0 Å². The lowest BCUT2D eigenvalue weighted by atomic mass is 10.1. The number of sulfonamides is 1. The molecule has 4 rings (SSSR count). The standard InChI is InChI=1S/C22H27N3O4S2/c1-2-3-5-17-7-9-18(10-8-17)25-20(26)16-19(22(25)27)23-11-13-24(14-12-23)31(28,29)21-6-4-15-30-21/h4,6-10,15,19H,2-3,5,11-14,16H2,1H3/t19-/m1/s1. The van der Waals surface area contributed by atoms with Crippen LogP contribution in [-0.4, -0.2) is 61.7 Å². The number of unbranched alkanes of at least 4 members (excludes halogenated alkanes) is 1. The minimum atomic E-state index is -3.49. The number of benzene rings is 1. The largest absolute Gasteiger partial charge is 0.289 e.